The molecule has 0 unspecified atom stereocenters. The van der Waals surface area contributed by atoms with E-state index >= 15 is 0 Å². The van der Waals surface area contributed by atoms with E-state index in [1.165, 1.54) is 12.1 Å². The number of carbonyl (C=O) groups excluding carboxylic acids is 1. The first kappa shape index (κ1) is 23.5. The summed E-state index contributed by atoms with van der Waals surface area (Å²) in [4.78, 5) is 12.3. The highest BCUT2D eigenvalue weighted by Gasteiger charge is 2.33. The number of anilines is 1. The van der Waals surface area contributed by atoms with Crippen molar-refractivity contribution in [1.29, 1.82) is 0 Å². The molecule has 1 fully saturated rings. The Morgan fingerprint density at radius 2 is 1.68 bits per heavy atom. The number of halogens is 4. The van der Waals surface area contributed by atoms with Crippen LogP contribution in [0.15, 0.2) is 48.5 Å². The van der Waals surface area contributed by atoms with Gasteiger partial charge in [-0.25, -0.2) is 0 Å². The summed E-state index contributed by atoms with van der Waals surface area (Å²) in [6.07, 6.45) is -0.463. The Balaban J connectivity index is 1.49. The molecule has 1 aliphatic carbocycles. The summed E-state index contributed by atoms with van der Waals surface area (Å²) in [6, 6.07) is 12.2. The van der Waals surface area contributed by atoms with Gasteiger partial charge in [-0.3, -0.25) is 4.79 Å². The molecule has 0 radical (unpaired) electrons. The summed E-state index contributed by atoms with van der Waals surface area (Å²) in [5.74, 6) is 0.355. The molecular formula is C24H28ClF3N2O. The lowest BCUT2D eigenvalue weighted by Gasteiger charge is -2.40. The zero-order valence-electron chi connectivity index (χ0n) is 17.7. The highest BCUT2D eigenvalue weighted by atomic mass is 35.5. The molecule has 1 aliphatic rings. The summed E-state index contributed by atoms with van der Waals surface area (Å²) < 4.78 is 38.6. The van der Waals surface area contributed by atoms with E-state index in [0.29, 0.717) is 23.4 Å². The molecule has 0 bridgehead atoms. The van der Waals surface area contributed by atoms with Crippen molar-refractivity contribution in [2.75, 3.05) is 11.9 Å². The third-order valence-electron chi connectivity index (χ3n) is 6.18. The lowest BCUT2D eigenvalue weighted by atomic mass is 9.73. The number of carbonyl (C=O) groups is 1. The van der Waals surface area contributed by atoms with Gasteiger partial charge in [-0.1, -0.05) is 17.7 Å². The maximum atomic E-state index is 12.9. The van der Waals surface area contributed by atoms with Crippen molar-refractivity contribution < 1.29 is 18.0 Å². The van der Waals surface area contributed by atoms with Crippen molar-refractivity contribution in [1.82, 2.24) is 5.32 Å². The number of amides is 1. The van der Waals surface area contributed by atoms with Gasteiger partial charge < -0.3 is 10.6 Å². The third kappa shape index (κ3) is 6.39. The molecule has 0 heterocycles. The van der Waals surface area contributed by atoms with E-state index in [2.05, 4.69) is 24.5 Å². The number of rotatable bonds is 6. The SMILES string of the molecule is CC(C)(Nc1ccc(Cl)cc1)C1CCC(CNC(=O)c2cccc(C(F)(F)F)c2)CC1. The Morgan fingerprint density at radius 3 is 2.29 bits per heavy atom. The molecule has 3 rings (SSSR count). The van der Waals surface area contributed by atoms with Crippen LogP contribution in [0.3, 0.4) is 0 Å². The van der Waals surface area contributed by atoms with Gasteiger partial charge in [0.25, 0.3) is 5.91 Å². The van der Waals surface area contributed by atoms with E-state index in [4.69, 9.17) is 11.6 Å². The fraction of sp³-hybridized carbons (Fsp3) is 0.458. The van der Waals surface area contributed by atoms with Gasteiger partial charge in [0, 0.05) is 28.4 Å². The van der Waals surface area contributed by atoms with Gasteiger partial charge in [0.05, 0.1) is 5.56 Å². The number of hydrogen-bond donors (Lipinski definition) is 2. The highest BCUT2D eigenvalue weighted by Crippen LogP contribution is 2.37. The molecule has 0 saturated heterocycles. The molecule has 3 nitrogen and oxygen atoms in total. The van der Waals surface area contributed by atoms with Crippen LogP contribution in [0.1, 0.15) is 55.5 Å². The minimum absolute atomic E-state index is 0.0387. The van der Waals surface area contributed by atoms with E-state index in [-0.39, 0.29) is 11.1 Å². The van der Waals surface area contributed by atoms with Gasteiger partial charge in [0.2, 0.25) is 0 Å². The zero-order chi connectivity index (χ0) is 22.6. The Morgan fingerprint density at radius 1 is 1.03 bits per heavy atom. The highest BCUT2D eigenvalue weighted by molar-refractivity contribution is 6.30. The van der Waals surface area contributed by atoms with Gasteiger partial charge in [0.1, 0.15) is 0 Å². The fourth-order valence-corrected chi connectivity index (χ4v) is 4.40. The van der Waals surface area contributed by atoms with Crippen LogP contribution in [-0.4, -0.2) is 18.0 Å². The topological polar surface area (TPSA) is 41.1 Å². The molecule has 168 valence electrons. The summed E-state index contributed by atoms with van der Waals surface area (Å²) in [5.41, 5.74) is 0.179. The Labute approximate surface area is 186 Å². The maximum absolute atomic E-state index is 12.9. The van der Waals surface area contributed by atoms with E-state index in [9.17, 15) is 18.0 Å². The Kier molecular flexibility index (Phi) is 7.20. The Hall–Kier alpha value is -2.21. The lowest BCUT2D eigenvalue weighted by Crippen LogP contribution is -2.42. The lowest BCUT2D eigenvalue weighted by molar-refractivity contribution is -0.137. The number of nitrogens with one attached hydrogen (secondary N) is 2. The summed E-state index contributed by atoms with van der Waals surface area (Å²) in [5, 5.41) is 7.12. The molecule has 7 heteroatoms. The second kappa shape index (κ2) is 9.51. The van der Waals surface area contributed by atoms with Gasteiger partial charge in [-0.15, -0.1) is 0 Å². The number of benzene rings is 2. The summed E-state index contributed by atoms with van der Waals surface area (Å²) in [7, 11) is 0. The van der Waals surface area contributed by atoms with Crippen molar-refractivity contribution in [2.24, 2.45) is 11.8 Å². The molecular weight excluding hydrogens is 425 g/mol. The first-order valence-corrected chi connectivity index (χ1v) is 10.9. The molecule has 1 saturated carbocycles. The zero-order valence-corrected chi connectivity index (χ0v) is 18.5. The van der Waals surface area contributed by atoms with Crippen LogP contribution in [0.2, 0.25) is 5.02 Å². The van der Waals surface area contributed by atoms with Crippen LogP contribution in [0.4, 0.5) is 18.9 Å². The standard InChI is InChI=1S/C24H28ClF3N2O/c1-23(2,30-21-12-10-20(25)11-13-21)18-8-6-16(7-9-18)15-29-22(31)17-4-3-5-19(14-17)24(26,27)28/h3-5,10-14,16,18,30H,6-9,15H2,1-2H3,(H,29,31). The van der Waals surface area contributed by atoms with Gasteiger partial charge in [-0.05, 0) is 93.8 Å². The molecule has 0 spiro atoms. The average molecular weight is 453 g/mol. The number of hydrogen-bond acceptors (Lipinski definition) is 2. The normalized spacial score (nSPS) is 19.7. The van der Waals surface area contributed by atoms with E-state index in [0.717, 1.165) is 43.5 Å². The summed E-state index contributed by atoms with van der Waals surface area (Å²) >= 11 is 5.96. The van der Waals surface area contributed by atoms with E-state index in [1.54, 1.807) is 0 Å². The molecule has 2 aromatic carbocycles. The second-order valence-corrected chi connectivity index (χ2v) is 9.30. The molecule has 0 aromatic heterocycles. The quantitative estimate of drug-likeness (QED) is 0.506. The van der Waals surface area contributed by atoms with Crippen molar-refractivity contribution in [3.63, 3.8) is 0 Å². The third-order valence-corrected chi connectivity index (χ3v) is 6.43. The second-order valence-electron chi connectivity index (χ2n) is 8.86. The van der Waals surface area contributed by atoms with E-state index in [1.807, 2.05) is 24.3 Å². The molecule has 1 amide bonds. The van der Waals surface area contributed by atoms with Crippen LogP contribution in [-0.2, 0) is 6.18 Å². The van der Waals surface area contributed by atoms with Crippen LogP contribution in [0.25, 0.3) is 0 Å². The van der Waals surface area contributed by atoms with Crippen LogP contribution in [0, 0.1) is 11.8 Å². The molecule has 2 N–H and O–H groups in total. The largest absolute Gasteiger partial charge is 0.416 e. The minimum atomic E-state index is -4.46. The van der Waals surface area contributed by atoms with Crippen molar-refractivity contribution in [3.8, 4) is 0 Å². The van der Waals surface area contributed by atoms with Crippen LogP contribution in [0.5, 0.6) is 0 Å². The van der Waals surface area contributed by atoms with Crippen LogP contribution < -0.4 is 10.6 Å². The number of alkyl halides is 3. The smallest absolute Gasteiger partial charge is 0.380 e. The maximum Gasteiger partial charge on any atom is 0.416 e. The Bertz CT molecular complexity index is 888. The fourth-order valence-electron chi connectivity index (χ4n) is 4.27. The van der Waals surface area contributed by atoms with Crippen molar-refractivity contribution >= 4 is 23.2 Å². The minimum Gasteiger partial charge on any atom is -0.380 e. The first-order valence-electron chi connectivity index (χ1n) is 10.5. The van der Waals surface area contributed by atoms with Crippen LogP contribution >= 0.6 is 11.6 Å². The van der Waals surface area contributed by atoms with E-state index < -0.39 is 17.6 Å². The molecule has 0 atom stereocenters. The monoisotopic (exact) mass is 452 g/mol. The first-order chi connectivity index (χ1) is 14.5. The molecule has 31 heavy (non-hydrogen) atoms. The molecule has 2 aromatic rings. The van der Waals surface area contributed by atoms with Gasteiger partial charge >= 0.3 is 6.18 Å². The van der Waals surface area contributed by atoms with Gasteiger partial charge in [-0.2, -0.15) is 13.2 Å². The average Bonchev–Trinajstić information content (AvgIpc) is 2.73. The predicted octanol–water partition coefficient (Wildman–Crippen LogP) is 6.79. The molecule has 0 aliphatic heterocycles. The van der Waals surface area contributed by atoms with Crippen molar-refractivity contribution in [3.05, 3.63) is 64.7 Å². The van der Waals surface area contributed by atoms with Crippen molar-refractivity contribution in [2.45, 2.75) is 51.2 Å². The predicted molar refractivity (Wildman–Crippen MR) is 118 cm³/mol. The summed E-state index contributed by atoms with van der Waals surface area (Å²) in [6.45, 7) is 4.87. The van der Waals surface area contributed by atoms with Gasteiger partial charge in [0.15, 0.2) is 0 Å².